The molecule has 0 spiro atoms. The second kappa shape index (κ2) is 5.87. The van der Waals surface area contributed by atoms with Crippen molar-refractivity contribution in [2.45, 2.75) is 6.10 Å². The number of hydrogen-bond acceptors (Lipinski definition) is 7. The Balaban J connectivity index is 1.66. The zero-order chi connectivity index (χ0) is 14.8. The predicted molar refractivity (Wildman–Crippen MR) is 80.1 cm³/mol. The Labute approximate surface area is 126 Å². The van der Waals surface area contributed by atoms with Gasteiger partial charge in [-0.05, 0) is 12.1 Å². The molecule has 3 rings (SSSR count). The minimum atomic E-state index is -0.326. The number of thiazole rings is 1. The second-order valence-electron chi connectivity index (χ2n) is 4.75. The third kappa shape index (κ3) is 2.79. The molecule has 1 aromatic carbocycles. The molecule has 0 saturated carbocycles. The number of para-hydroxylation sites is 1. The molecule has 112 valence electrons. The fourth-order valence-corrected chi connectivity index (χ4v) is 3.22. The number of esters is 1. The molecular weight excluding hydrogens is 292 g/mol. The second-order valence-corrected chi connectivity index (χ2v) is 5.76. The Morgan fingerprint density at radius 3 is 2.95 bits per heavy atom. The van der Waals surface area contributed by atoms with Crippen LogP contribution in [0.25, 0.3) is 10.2 Å². The largest absolute Gasteiger partial charge is 0.494 e. The van der Waals surface area contributed by atoms with E-state index in [4.69, 9.17) is 14.2 Å². The number of benzene rings is 1. The number of nitrogens with zero attached hydrogens (tertiary/aromatic N) is 2. The van der Waals surface area contributed by atoms with Crippen LogP contribution < -0.4 is 9.64 Å². The maximum absolute atomic E-state index is 11.3. The molecule has 21 heavy (non-hydrogen) atoms. The van der Waals surface area contributed by atoms with Gasteiger partial charge in [0, 0.05) is 7.11 Å². The summed E-state index contributed by atoms with van der Waals surface area (Å²) in [5.74, 6) is 0.451. The summed E-state index contributed by atoms with van der Waals surface area (Å²) in [5.41, 5.74) is 0.875. The van der Waals surface area contributed by atoms with E-state index in [1.165, 1.54) is 7.11 Å². The molecule has 1 aromatic heterocycles. The Bertz CT molecular complexity index is 651. The van der Waals surface area contributed by atoms with Crippen LogP contribution in [-0.4, -0.2) is 51.0 Å². The van der Waals surface area contributed by atoms with Gasteiger partial charge in [0.15, 0.2) is 5.13 Å². The molecule has 1 fully saturated rings. The van der Waals surface area contributed by atoms with E-state index in [2.05, 4.69) is 9.88 Å². The first kappa shape index (κ1) is 14.1. The van der Waals surface area contributed by atoms with Crippen molar-refractivity contribution in [3.05, 3.63) is 18.2 Å². The van der Waals surface area contributed by atoms with Crippen LogP contribution >= 0.6 is 11.3 Å². The molecule has 0 radical (unpaired) electrons. The molecular formula is C14H16N2O4S. The Morgan fingerprint density at radius 1 is 1.43 bits per heavy atom. The molecule has 1 aliphatic rings. The molecule has 0 N–H and O–H groups in total. The van der Waals surface area contributed by atoms with Crippen LogP contribution in [0.3, 0.4) is 0 Å². The minimum absolute atomic E-state index is 0.00512. The number of aromatic nitrogens is 1. The number of anilines is 1. The molecule has 0 amide bonds. The molecule has 2 aromatic rings. The first-order chi connectivity index (χ1) is 10.2. The van der Waals surface area contributed by atoms with Gasteiger partial charge in [-0.3, -0.25) is 0 Å². The van der Waals surface area contributed by atoms with Gasteiger partial charge in [-0.1, -0.05) is 17.4 Å². The molecule has 1 aliphatic heterocycles. The van der Waals surface area contributed by atoms with Crippen molar-refractivity contribution < 1.29 is 19.0 Å². The molecule has 0 unspecified atom stereocenters. The molecule has 0 bridgehead atoms. The number of ether oxygens (including phenoxy) is 3. The Morgan fingerprint density at radius 2 is 2.24 bits per heavy atom. The predicted octanol–water partition coefficient (Wildman–Crippen LogP) is 1.68. The summed E-state index contributed by atoms with van der Waals surface area (Å²) in [4.78, 5) is 18.0. The Hall–Kier alpha value is -1.86. The van der Waals surface area contributed by atoms with E-state index in [1.54, 1.807) is 18.4 Å². The average molecular weight is 308 g/mol. The van der Waals surface area contributed by atoms with Gasteiger partial charge in [-0.15, -0.1) is 0 Å². The smallest absolute Gasteiger partial charge is 0.332 e. The van der Waals surface area contributed by atoms with Gasteiger partial charge in [-0.25, -0.2) is 9.78 Å². The number of hydrogen-bond donors (Lipinski definition) is 0. The number of methoxy groups -OCH3 is 2. The molecule has 1 saturated heterocycles. The van der Waals surface area contributed by atoms with Crippen LogP contribution in [0, 0.1) is 0 Å². The topological polar surface area (TPSA) is 60.9 Å². The number of carbonyl (C=O) groups excluding carboxylic acids is 1. The van der Waals surface area contributed by atoms with Crippen LogP contribution in [0.4, 0.5) is 5.13 Å². The lowest BCUT2D eigenvalue weighted by molar-refractivity contribution is -0.154. The van der Waals surface area contributed by atoms with Crippen molar-refractivity contribution in [1.82, 2.24) is 4.98 Å². The fraction of sp³-hybridized carbons (Fsp3) is 0.429. The summed E-state index contributed by atoms with van der Waals surface area (Å²) < 4.78 is 16.4. The highest BCUT2D eigenvalue weighted by atomic mass is 32.1. The Kier molecular flexibility index (Phi) is 3.94. The zero-order valence-corrected chi connectivity index (χ0v) is 12.7. The van der Waals surface area contributed by atoms with Gasteiger partial charge < -0.3 is 19.1 Å². The van der Waals surface area contributed by atoms with E-state index < -0.39 is 0 Å². The summed E-state index contributed by atoms with van der Waals surface area (Å²) >= 11 is 1.61. The number of carbonyl (C=O) groups is 1. The standard InChI is InChI=1S/C14H16N2O4S/c1-18-8-12(17)20-9-6-16(7-9)14-15-13-10(19-2)4-3-5-11(13)21-14/h3-5,9H,6-8H2,1-2H3. The third-order valence-corrected chi connectivity index (χ3v) is 4.35. The van der Waals surface area contributed by atoms with Crippen LogP contribution in [-0.2, 0) is 14.3 Å². The van der Waals surface area contributed by atoms with E-state index in [0.717, 1.165) is 21.1 Å². The van der Waals surface area contributed by atoms with Crippen molar-refractivity contribution >= 4 is 32.7 Å². The van der Waals surface area contributed by atoms with Crippen LogP contribution in [0.5, 0.6) is 5.75 Å². The van der Waals surface area contributed by atoms with Gasteiger partial charge in [0.1, 0.15) is 24.0 Å². The van der Waals surface area contributed by atoms with E-state index in [9.17, 15) is 4.79 Å². The third-order valence-electron chi connectivity index (χ3n) is 3.27. The lowest BCUT2D eigenvalue weighted by Gasteiger charge is -2.38. The molecule has 2 heterocycles. The van der Waals surface area contributed by atoms with Crippen molar-refractivity contribution in [2.24, 2.45) is 0 Å². The van der Waals surface area contributed by atoms with E-state index in [0.29, 0.717) is 13.1 Å². The quantitative estimate of drug-likeness (QED) is 0.783. The van der Waals surface area contributed by atoms with Crippen LogP contribution in [0.2, 0.25) is 0 Å². The minimum Gasteiger partial charge on any atom is -0.494 e. The highest BCUT2D eigenvalue weighted by molar-refractivity contribution is 7.22. The van der Waals surface area contributed by atoms with Gasteiger partial charge in [0.05, 0.1) is 24.9 Å². The number of rotatable bonds is 5. The zero-order valence-electron chi connectivity index (χ0n) is 11.9. The van der Waals surface area contributed by atoms with Gasteiger partial charge >= 0.3 is 5.97 Å². The maximum atomic E-state index is 11.3. The number of fused-ring (bicyclic) bond motifs is 1. The lowest BCUT2D eigenvalue weighted by atomic mass is 10.2. The van der Waals surface area contributed by atoms with Crippen molar-refractivity contribution in [3.8, 4) is 5.75 Å². The fourth-order valence-electron chi connectivity index (χ4n) is 2.22. The first-order valence-electron chi connectivity index (χ1n) is 6.58. The summed E-state index contributed by atoms with van der Waals surface area (Å²) in [6.45, 7) is 1.32. The summed E-state index contributed by atoms with van der Waals surface area (Å²) in [6, 6.07) is 5.88. The van der Waals surface area contributed by atoms with Crippen LogP contribution in [0.15, 0.2) is 18.2 Å². The summed E-state index contributed by atoms with van der Waals surface area (Å²) in [7, 11) is 3.12. The van der Waals surface area contributed by atoms with Gasteiger partial charge in [-0.2, -0.15) is 0 Å². The van der Waals surface area contributed by atoms with Gasteiger partial charge in [0.2, 0.25) is 0 Å². The van der Waals surface area contributed by atoms with E-state index >= 15 is 0 Å². The van der Waals surface area contributed by atoms with Crippen molar-refractivity contribution in [1.29, 1.82) is 0 Å². The first-order valence-corrected chi connectivity index (χ1v) is 7.40. The molecule has 0 atom stereocenters. The summed E-state index contributed by atoms with van der Waals surface area (Å²) in [5, 5.41) is 0.925. The summed E-state index contributed by atoms with van der Waals surface area (Å²) in [6.07, 6.45) is -0.0819. The average Bonchev–Trinajstić information content (AvgIpc) is 2.85. The van der Waals surface area contributed by atoms with Crippen molar-refractivity contribution in [3.63, 3.8) is 0 Å². The SMILES string of the molecule is COCC(=O)OC1CN(c2nc3c(OC)cccc3s2)C1. The van der Waals surface area contributed by atoms with Crippen molar-refractivity contribution in [2.75, 3.05) is 38.8 Å². The molecule has 6 nitrogen and oxygen atoms in total. The maximum Gasteiger partial charge on any atom is 0.332 e. The highest BCUT2D eigenvalue weighted by Crippen LogP contribution is 2.35. The van der Waals surface area contributed by atoms with Crippen LogP contribution in [0.1, 0.15) is 0 Å². The van der Waals surface area contributed by atoms with E-state index in [1.807, 2.05) is 18.2 Å². The highest BCUT2D eigenvalue weighted by Gasteiger charge is 2.32. The monoisotopic (exact) mass is 308 g/mol. The van der Waals surface area contributed by atoms with E-state index in [-0.39, 0.29) is 18.7 Å². The normalized spacial score (nSPS) is 15.0. The lowest BCUT2D eigenvalue weighted by Crippen LogP contribution is -2.53. The molecule has 0 aliphatic carbocycles. The molecule has 7 heteroatoms. The van der Waals surface area contributed by atoms with Gasteiger partial charge in [0.25, 0.3) is 0 Å².